The van der Waals surface area contributed by atoms with Crippen molar-refractivity contribution in [2.75, 3.05) is 5.75 Å². The van der Waals surface area contributed by atoms with Gasteiger partial charge in [-0.25, -0.2) is 0 Å². The largest absolute Gasteiger partial charge is 0.310 e. The third kappa shape index (κ3) is 3.03. The second-order valence-electron chi connectivity index (χ2n) is 2.95. The summed E-state index contributed by atoms with van der Waals surface area (Å²) in [6, 6.07) is 1.82. The maximum absolute atomic E-state index is 11.6. The van der Waals surface area contributed by atoms with E-state index in [2.05, 4.69) is 28.6 Å². The van der Waals surface area contributed by atoms with E-state index in [0.717, 1.165) is 10.0 Å². The molecule has 0 unspecified atom stereocenters. The lowest BCUT2D eigenvalue weighted by molar-refractivity contribution is 0.767. The van der Waals surface area contributed by atoms with Crippen molar-refractivity contribution in [3.8, 4) is 0 Å². The molecular weight excluding hydrogens is 262 g/mol. The van der Waals surface area contributed by atoms with Crippen LogP contribution in [-0.2, 0) is 6.54 Å². The Morgan fingerprint density at radius 2 is 2.29 bits per heavy atom. The van der Waals surface area contributed by atoms with E-state index >= 15 is 0 Å². The van der Waals surface area contributed by atoms with E-state index in [-0.39, 0.29) is 5.56 Å². The second kappa shape index (κ2) is 5.41. The Labute approximate surface area is 97.2 Å². The van der Waals surface area contributed by atoms with E-state index in [1.165, 1.54) is 0 Å². The quantitative estimate of drug-likeness (QED) is 0.663. The van der Waals surface area contributed by atoms with Crippen molar-refractivity contribution in [2.45, 2.75) is 13.5 Å². The molecule has 1 aromatic heterocycles. The van der Waals surface area contributed by atoms with Gasteiger partial charge in [-0.2, -0.15) is 12.6 Å². The highest BCUT2D eigenvalue weighted by Gasteiger charge is 1.99. The van der Waals surface area contributed by atoms with Crippen LogP contribution in [-0.4, -0.2) is 10.3 Å². The number of pyridine rings is 1. The third-order valence-corrected chi connectivity index (χ3v) is 2.45. The summed E-state index contributed by atoms with van der Waals surface area (Å²) in [7, 11) is 0. The summed E-state index contributed by atoms with van der Waals surface area (Å²) < 4.78 is 2.59. The fourth-order valence-corrected chi connectivity index (χ4v) is 1.88. The van der Waals surface area contributed by atoms with Crippen molar-refractivity contribution in [2.24, 2.45) is 0 Å². The van der Waals surface area contributed by atoms with Gasteiger partial charge in [0.2, 0.25) is 0 Å². The van der Waals surface area contributed by atoms with Crippen LogP contribution in [0.3, 0.4) is 0 Å². The number of nitrogens with zero attached hydrogens (tertiary/aromatic N) is 1. The van der Waals surface area contributed by atoms with Crippen molar-refractivity contribution >= 4 is 28.6 Å². The molecule has 1 aromatic rings. The molecule has 0 bridgehead atoms. The first-order valence-electron chi connectivity index (χ1n) is 4.27. The molecule has 0 saturated heterocycles. The molecule has 0 spiro atoms. The molecule has 0 fully saturated rings. The van der Waals surface area contributed by atoms with Gasteiger partial charge < -0.3 is 4.57 Å². The fourth-order valence-electron chi connectivity index (χ4n) is 1.14. The number of allylic oxidation sites excluding steroid dienone is 1. The monoisotopic (exact) mass is 273 g/mol. The molecule has 0 aliphatic carbocycles. The number of hydrogen-bond acceptors (Lipinski definition) is 2. The first-order valence-corrected chi connectivity index (χ1v) is 5.70. The minimum absolute atomic E-state index is 0.0528. The highest BCUT2D eigenvalue weighted by Crippen LogP contribution is 2.07. The topological polar surface area (TPSA) is 22.0 Å². The number of hydrogen-bond donors (Lipinski definition) is 1. The van der Waals surface area contributed by atoms with Gasteiger partial charge in [0.25, 0.3) is 5.56 Å². The second-order valence-corrected chi connectivity index (χ2v) is 4.23. The molecular formula is C10H12BrNOS. The highest BCUT2D eigenvalue weighted by molar-refractivity contribution is 9.10. The predicted molar refractivity (Wildman–Crippen MR) is 66.1 cm³/mol. The molecule has 0 N–H and O–H groups in total. The summed E-state index contributed by atoms with van der Waals surface area (Å²) in [5.74, 6) is 0.696. The van der Waals surface area contributed by atoms with Gasteiger partial charge in [0.05, 0.1) is 0 Å². The van der Waals surface area contributed by atoms with Crippen molar-refractivity contribution in [3.63, 3.8) is 0 Å². The van der Waals surface area contributed by atoms with Crippen LogP contribution in [0.1, 0.15) is 5.56 Å². The average Bonchev–Trinajstić information content (AvgIpc) is 2.13. The Balaban J connectivity index is 2.97. The normalized spacial score (nSPS) is 11.1. The smallest absolute Gasteiger partial charge is 0.253 e. The zero-order valence-corrected chi connectivity index (χ0v) is 10.4. The third-order valence-electron chi connectivity index (χ3n) is 1.81. The van der Waals surface area contributed by atoms with Crippen LogP contribution in [0.2, 0.25) is 0 Å². The molecule has 0 aliphatic rings. The Hall–Kier alpha value is -0.480. The summed E-state index contributed by atoms with van der Waals surface area (Å²) in [5, 5.41) is 0. The lowest BCUT2D eigenvalue weighted by Crippen LogP contribution is -2.20. The van der Waals surface area contributed by atoms with Crippen LogP contribution in [0.4, 0.5) is 0 Å². The van der Waals surface area contributed by atoms with E-state index in [1.54, 1.807) is 10.8 Å². The molecule has 2 nitrogen and oxygen atoms in total. The SMILES string of the molecule is Cc1cc(Br)cn(C/C=C/CS)c1=O. The maximum atomic E-state index is 11.6. The number of halogens is 1. The molecule has 0 aromatic carbocycles. The molecule has 0 radical (unpaired) electrons. The molecule has 4 heteroatoms. The molecule has 0 atom stereocenters. The number of aromatic nitrogens is 1. The molecule has 1 rings (SSSR count). The Morgan fingerprint density at radius 1 is 1.57 bits per heavy atom. The molecule has 76 valence electrons. The first-order chi connectivity index (χ1) is 6.65. The minimum atomic E-state index is 0.0528. The van der Waals surface area contributed by atoms with Gasteiger partial charge in [0.15, 0.2) is 0 Å². The maximum Gasteiger partial charge on any atom is 0.253 e. The van der Waals surface area contributed by atoms with Crippen LogP contribution in [0, 0.1) is 6.92 Å². The van der Waals surface area contributed by atoms with E-state index in [4.69, 9.17) is 0 Å². The Bertz CT molecular complexity index is 398. The van der Waals surface area contributed by atoms with Crippen LogP contribution in [0.25, 0.3) is 0 Å². The van der Waals surface area contributed by atoms with Crippen molar-refractivity contribution in [3.05, 3.63) is 44.8 Å². The molecule has 1 heterocycles. The van der Waals surface area contributed by atoms with Crippen molar-refractivity contribution in [1.29, 1.82) is 0 Å². The van der Waals surface area contributed by atoms with Crippen LogP contribution in [0.15, 0.2) is 33.7 Å². The van der Waals surface area contributed by atoms with Crippen molar-refractivity contribution < 1.29 is 0 Å². The van der Waals surface area contributed by atoms with E-state index in [1.807, 2.05) is 25.1 Å². The lowest BCUT2D eigenvalue weighted by atomic mass is 10.3. The van der Waals surface area contributed by atoms with Gasteiger partial charge in [-0.3, -0.25) is 4.79 Å². The number of thiol groups is 1. The van der Waals surface area contributed by atoms with E-state index in [0.29, 0.717) is 12.3 Å². The van der Waals surface area contributed by atoms with Crippen LogP contribution in [0.5, 0.6) is 0 Å². The molecule has 0 aliphatic heterocycles. The van der Waals surface area contributed by atoms with Gasteiger partial charge in [-0.1, -0.05) is 12.2 Å². The van der Waals surface area contributed by atoms with E-state index < -0.39 is 0 Å². The highest BCUT2D eigenvalue weighted by atomic mass is 79.9. The minimum Gasteiger partial charge on any atom is -0.310 e. The summed E-state index contributed by atoms with van der Waals surface area (Å²) in [6.45, 7) is 2.41. The van der Waals surface area contributed by atoms with Gasteiger partial charge in [-0.15, -0.1) is 0 Å². The number of aryl methyl sites for hydroxylation is 1. The molecule has 14 heavy (non-hydrogen) atoms. The summed E-state index contributed by atoms with van der Waals surface area (Å²) in [4.78, 5) is 11.6. The first kappa shape index (κ1) is 11.6. The van der Waals surface area contributed by atoms with Crippen LogP contribution >= 0.6 is 28.6 Å². The van der Waals surface area contributed by atoms with Gasteiger partial charge in [0.1, 0.15) is 0 Å². The van der Waals surface area contributed by atoms with Crippen LogP contribution < -0.4 is 5.56 Å². The van der Waals surface area contributed by atoms with Crippen molar-refractivity contribution in [1.82, 2.24) is 4.57 Å². The zero-order valence-electron chi connectivity index (χ0n) is 7.90. The lowest BCUT2D eigenvalue weighted by Gasteiger charge is -2.04. The standard InChI is InChI=1S/C10H12BrNOS/c1-8-6-9(11)7-12(10(8)13)4-2-3-5-14/h2-3,6-7,14H,4-5H2,1H3/b3-2+. The Morgan fingerprint density at radius 3 is 2.93 bits per heavy atom. The van der Waals surface area contributed by atoms with Gasteiger partial charge in [-0.05, 0) is 28.9 Å². The van der Waals surface area contributed by atoms with E-state index in [9.17, 15) is 4.79 Å². The fraction of sp³-hybridized carbons (Fsp3) is 0.300. The Kier molecular flexibility index (Phi) is 4.48. The zero-order chi connectivity index (χ0) is 10.6. The molecule has 0 saturated carbocycles. The number of rotatable bonds is 3. The predicted octanol–water partition coefficient (Wildman–Crippen LogP) is 2.41. The van der Waals surface area contributed by atoms with Gasteiger partial charge in [0, 0.05) is 28.5 Å². The molecule has 0 amide bonds. The average molecular weight is 274 g/mol. The summed E-state index contributed by atoms with van der Waals surface area (Å²) >= 11 is 7.41. The van der Waals surface area contributed by atoms with Gasteiger partial charge >= 0.3 is 0 Å². The summed E-state index contributed by atoms with van der Waals surface area (Å²) in [6.07, 6.45) is 5.64. The summed E-state index contributed by atoms with van der Waals surface area (Å²) in [5.41, 5.74) is 0.802.